The Hall–Kier alpha value is -3.28. The number of hydrogen-bond acceptors (Lipinski definition) is 6. The summed E-state index contributed by atoms with van der Waals surface area (Å²) in [6.07, 6.45) is 1.15. The summed E-state index contributed by atoms with van der Waals surface area (Å²) in [7, 11) is -4.56. The van der Waals surface area contributed by atoms with E-state index in [1.807, 2.05) is 0 Å². The molecular formula is C23H21Cl2FN4O5S. The summed E-state index contributed by atoms with van der Waals surface area (Å²) in [4.78, 5) is 26.9. The van der Waals surface area contributed by atoms with Gasteiger partial charge >= 0.3 is 0 Å². The van der Waals surface area contributed by atoms with Crippen LogP contribution < -0.4 is 10.0 Å². The lowest BCUT2D eigenvalue weighted by Gasteiger charge is -2.26. The third-order valence-corrected chi connectivity index (χ3v) is 7.20. The minimum absolute atomic E-state index is 0.109. The molecule has 2 aromatic carbocycles. The number of nitro groups is 1. The minimum Gasteiger partial charge on any atom is -0.349 e. The number of hydrogen-bond donors (Lipinski definition) is 2. The maximum atomic E-state index is 16.4. The number of carbonyl (C=O) groups is 1. The topological polar surface area (TPSA) is 131 Å². The van der Waals surface area contributed by atoms with Crippen LogP contribution in [0.15, 0.2) is 65.7 Å². The average molecular weight is 555 g/mol. The molecule has 1 aromatic heterocycles. The van der Waals surface area contributed by atoms with Gasteiger partial charge in [-0.3, -0.25) is 19.6 Å². The van der Waals surface area contributed by atoms with Gasteiger partial charge in [-0.2, -0.15) is 0 Å². The van der Waals surface area contributed by atoms with Crippen LogP contribution in [0, 0.1) is 10.1 Å². The van der Waals surface area contributed by atoms with Gasteiger partial charge < -0.3 is 5.32 Å². The van der Waals surface area contributed by atoms with Crippen LogP contribution in [0.3, 0.4) is 0 Å². The van der Waals surface area contributed by atoms with E-state index in [-0.39, 0.29) is 30.0 Å². The van der Waals surface area contributed by atoms with Gasteiger partial charge in [-0.25, -0.2) is 17.8 Å². The smallest absolute Gasteiger partial charge is 0.289 e. The Morgan fingerprint density at radius 2 is 1.89 bits per heavy atom. The van der Waals surface area contributed by atoms with E-state index in [1.165, 1.54) is 36.5 Å². The summed E-state index contributed by atoms with van der Waals surface area (Å²) in [5, 5.41) is 14.5. The molecule has 190 valence electrons. The van der Waals surface area contributed by atoms with Crippen molar-refractivity contribution in [3.05, 3.63) is 92.1 Å². The zero-order valence-corrected chi connectivity index (χ0v) is 21.2. The zero-order chi connectivity index (χ0) is 26.5. The first kappa shape index (κ1) is 27.3. The SMILES string of the molecule is CCC[C@@](F)(C(=O)NCc1ccc(Cl)cc1Cl)c1cccnc1NS(=O)(=O)c1ccccc1[N+](=O)[O-]. The number of rotatable bonds is 10. The maximum absolute atomic E-state index is 16.4. The predicted octanol–water partition coefficient (Wildman–Crippen LogP) is 5.38. The van der Waals surface area contributed by atoms with Crippen LogP contribution >= 0.6 is 23.2 Å². The van der Waals surface area contributed by atoms with Gasteiger partial charge in [-0.05, 0) is 36.2 Å². The number of para-hydroxylation sites is 1. The number of anilines is 1. The molecule has 13 heteroatoms. The van der Waals surface area contributed by atoms with E-state index < -0.39 is 42.9 Å². The van der Waals surface area contributed by atoms with Crippen molar-refractivity contribution >= 4 is 50.6 Å². The third kappa shape index (κ3) is 5.92. The van der Waals surface area contributed by atoms with Crippen molar-refractivity contribution < 1.29 is 22.5 Å². The lowest BCUT2D eigenvalue weighted by atomic mass is 9.90. The fourth-order valence-corrected chi connectivity index (χ4v) is 5.20. The standard InChI is InChI=1S/C23H21Cl2FN4O5S/c1-2-11-23(26,22(31)28-14-15-9-10-16(24)13-18(15)25)17-6-5-12-27-21(17)29-36(34,35)20-8-4-3-7-19(20)30(32)33/h3-10,12-13H,2,11,14H2,1H3,(H,27,29)(H,28,31)/t23-/m0/s1. The Kier molecular flexibility index (Phi) is 8.49. The summed E-state index contributed by atoms with van der Waals surface area (Å²) in [6, 6.07) is 11.9. The fraction of sp³-hybridized carbons (Fsp3) is 0.217. The molecular weight excluding hydrogens is 534 g/mol. The molecule has 0 saturated carbocycles. The van der Waals surface area contributed by atoms with Crippen molar-refractivity contribution in [2.75, 3.05) is 4.72 Å². The van der Waals surface area contributed by atoms with Crippen molar-refractivity contribution in [1.82, 2.24) is 10.3 Å². The van der Waals surface area contributed by atoms with E-state index >= 15 is 4.39 Å². The average Bonchev–Trinajstić information content (AvgIpc) is 2.83. The first-order chi connectivity index (χ1) is 17.0. The van der Waals surface area contributed by atoms with Gasteiger partial charge in [-0.15, -0.1) is 0 Å². The molecule has 1 amide bonds. The van der Waals surface area contributed by atoms with Crippen LogP contribution in [0.2, 0.25) is 10.0 Å². The second-order valence-corrected chi connectivity index (χ2v) is 10.2. The molecule has 0 aliphatic heterocycles. The number of carbonyl (C=O) groups excluding carboxylic acids is 1. The first-order valence-electron chi connectivity index (χ1n) is 10.6. The molecule has 0 fully saturated rings. The number of nitrogens with one attached hydrogen (secondary N) is 2. The van der Waals surface area contributed by atoms with Gasteiger partial charge in [0.1, 0.15) is 5.82 Å². The summed E-state index contributed by atoms with van der Waals surface area (Å²) in [5.74, 6) is -1.50. The van der Waals surface area contributed by atoms with Crippen LogP contribution in [-0.2, 0) is 27.0 Å². The van der Waals surface area contributed by atoms with Gasteiger partial charge in [0.05, 0.1) is 4.92 Å². The number of alkyl halides is 1. The second-order valence-electron chi connectivity index (χ2n) is 7.70. The van der Waals surface area contributed by atoms with Crippen LogP contribution in [0.1, 0.15) is 30.9 Å². The van der Waals surface area contributed by atoms with E-state index in [9.17, 15) is 23.3 Å². The van der Waals surface area contributed by atoms with Gasteiger partial charge in [0, 0.05) is 34.4 Å². The molecule has 9 nitrogen and oxygen atoms in total. The van der Waals surface area contributed by atoms with Crippen molar-refractivity contribution in [1.29, 1.82) is 0 Å². The Morgan fingerprint density at radius 3 is 2.56 bits per heavy atom. The fourth-order valence-electron chi connectivity index (χ4n) is 3.52. The Bertz CT molecular complexity index is 1410. The van der Waals surface area contributed by atoms with Gasteiger partial charge in [-0.1, -0.05) is 60.8 Å². The molecule has 0 unspecified atom stereocenters. The highest BCUT2D eigenvalue weighted by Gasteiger charge is 2.42. The number of nitrogens with zero attached hydrogens (tertiary/aromatic N) is 2. The van der Waals surface area contributed by atoms with Crippen molar-refractivity contribution in [2.45, 2.75) is 36.9 Å². The Balaban J connectivity index is 1.96. The summed E-state index contributed by atoms with van der Waals surface area (Å²) < 4.78 is 44.5. The second kappa shape index (κ2) is 11.2. The summed E-state index contributed by atoms with van der Waals surface area (Å²) in [5.41, 5.74) is -3.19. The molecule has 0 spiro atoms. The molecule has 0 aliphatic rings. The van der Waals surface area contributed by atoms with E-state index in [1.54, 1.807) is 19.1 Å². The highest BCUT2D eigenvalue weighted by atomic mass is 35.5. The summed E-state index contributed by atoms with van der Waals surface area (Å²) >= 11 is 12.0. The van der Waals surface area contributed by atoms with Crippen LogP contribution in [-0.4, -0.2) is 24.2 Å². The number of sulfonamides is 1. The predicted molar refractivity (Wildman–Crippen MR) is 134 cm³/mol. The highest BCUT2D eigenvalue weighted by Crippen LogP contribution is 2.37. The highest BCUT2D eigenvalue weighted by molar-refractivity contribution is 7.92. The van der Waals surface area contributed by atoms with Crippen LogP contribution in [0.5, 0.6) is 0 Å². The van der Waals surface area contributed by atoms with E-state index in [0.29, 0.717) is 10.6 Å². The van der Waals surface area contributed by atoms with Gasteiger partial charge in [0.25, 0.3) is 21.6 Å². The van der Waals surface area contributed by atoms with Gasteiger partial charge in [0.15, 0.2) is 4.90 Å². The molecule has 2 N–H and O–H groups in total. The molecule has 0 radical (unpaired) electrons. The van der Waals surface area contributed by atoms with Crippen molar-refractivity contribution in [3.63, 3.8) is 0 Å². The van der Waals surface area contributed by atoms with E-state index in [0.717, 1.165) is 12.1 Å². The zero-order valence-electron chi connectivity index (χ0n) is 18.9. The monoisotopic (exact) mass is 554 g/mol. The number of amides is 1. The van der Waals surface area contributed by atoms with Crippen LogP contribution in [0.25, 0.3) is 0 Å². The number of halogens is 3. The quantitative estimate of drug-likeness (QED) is 0.255. The molecule has 0 bridgehead atoms. The molecule has 36 heavy (non-hydrogen) atoms. The van der Waals surface area contributed by atoms with Gasteiger partial charge in [0.2, 0.25) is 5.67 Å². The Labute approximate surface area is 216 Å². The maximum Gasteiger partial charge on any atom is 0.289 e. The molecule has 1 atom stereocenters. The third-order valence-electron chi connectivity index (χ3n) is 5.23. The number of pyridine rings is 1. The molecule has 0 aliphatic carbocycles. The molecule has 0 saturated heterocycles. The Morgan fingerprint density at radius 1 is 1.17 bits per heavy atom. The number of benzene rings is 2. The number of nitro benzene ring substituents is 1. The number of aromatic nitrogens is 1. The molecule has 3 aromatic rings. The van der Waals surface area contributed by atoms with E-state index in [2.05, 4.69) is 15.0 Å². The summed E-state index contributed by atoms with van der Waals surface area (Å²) in [6.45, 7) is 1.55. The minimum atomic E-state index is -4.56. The lowest BCUT2D eigenvalue weighted by Crippen LogP contribution is -2.41. The molecule has 3 rings (SSSR count). The van der Waals surface area contributed by atoms with Crippen molar-refractivity contribution in [3.8, 4) is 0 Å². The first-order valence-corrected chi connectivity index (χ1v) is 12.9. The van der Waals surface area contributed by atoms with E-state index in [4.69, 9.17) is 23.2 Å². The lowest BCUT2D eigenvalue weighted by molar-refractivity contribution is -0.387. The van der Waals surface area contributed by atoms with Crippen LogP contribution in [0.4, 0.5) is 15.9 Å². The van der Waals surface area contributed by atoms with Crippen molar-refractivity contribution in [2.24, 2.45) is 0 Å². The normalized spacial score (nSPS) is 13.0. The molecule has 1 heterocycles. The largest absolute Gasteiger partial charge is 0.349 e.